The lowest BCUT2D eigenvalue weighted by molar-refractivity contribution is -0.128. The average Bonchev–Trinajstić information content (AvgIpc) is 2.76. The number of carbonyl (C=O) groups excluding carboxylic acids is 1. The molecule has 1 spiro atoms. The summed E-state index contributed by atoms with van der Waals surface area (Å²) >= 11 is 0. The van der Waals surface area contributed by atoms with E-state index in [9.17, 15) is 9.18 Å². The third kappa shape index (κ3) is 4.68. The van der Waals surface area contributed by atoms with Crippen LogP contribution in [0, 0.1) is 5.82 Å². The van der Waals surface area contributed by atoms with E-state index in [4.69, 9.17) is 9.47 Å². The van der Waals surface area contributed by atoms with Crippen LogP contribution in [0.2, 0.25) is 0 Å². The second-order valence-electron chi connectivity index (χ2n) is 6.56. The Morgan fingerprint density at radius 3 is 2.75 bits per heavy atom. The Hall–Kier alpha value is -1.66. The van der Waals surface area contributed by atoms with Gasteiger partial charge < -0.3 is 19.7 Å². The number of carbonyl (C=O) groups is 1. The Balaban J connectivity index is 1.36. The number of piperidine rings is 1. The molecule has 1 aromatic rings. The van der Waals surface area contributed by atoms with E-state index in [-0.39, 0.29) is 17.3 Å². The summed E-state index contributed by atoms with van der Waals surface area (Å²) in [6.07, 6.45) is 3.21. The molecule has 2 fully saturated rings. The first-order valence-electron chi connectivity index (χ1n) is 8.67. The third-order valence-electron chi connectivity index (χ3n) is 4.78. The molecule has 0 radical (unpaired) electrons. The van der Waals surface area contributed by atoms with Crippen molar-refractivity contribution in [1.29, 1.82) is 0 Å². The van der Waals surface area contributed by atoms with Gasteiger partial charge in [0.2, 0.25) is 5.91 Å². The first-order valence-corrected chi connectivity index (χ1v) is 8.67. The summed E-state index contributed by atoms with van der Waals surface area (Å²) < 4.78 is 24.4. The normalized spacial score (nSPS) is 21.3. The van der Waals surface area contributed by atoms with Gasteiger partial charge in [0.25, 0.3) is 0 Å². The van der Waals surface area contributed by atoms with E-state index in [1.807, 2.05) is 0 Å². The summed E-state index contributed by atoms with van der Waals surface area (Å²) in [5.41, 5.74) is -0.262. The number of nitrogens with one attached hydrogen (secondary N) is 1. The molecule has 2 aliphatic rings. The Kier molecular flexibility index (Phi) is 5.68. The van der Waals surface area contributed by atoms with Gasteiger partial charge in [-0.15, -0.1) is 0 Å². The zero-order valence-corrected chi connectivity index (χ0v) is 13.9. The lowest BCUT2D eigenvalue weighted by Gasteiger charge is -2.40. The number of rotatable bonds is 5. The molecule has 0 saturated carbocycles. The van der Waals surface area contributed by atoms with Crippen LogP contribution in [-0.4, -0.2) is 55.8 Å². The number of likely N-dealkylation sites (tertiary alicyclic amines) is 1. The predicted molar refractivity (Wildman–Crippen MR) is 88.5 cm³/mol. The first kappa shape index (κ1) is 17.2. The Labute approximate surface area is 142 Å². The maximum atomic E-state index is 12.8. The molecule has 1 amide bonds. The Morgan fingerprint density at radius 2 is 2.00 bits per heavy atom. The topological polar surface area (TPSA) is 50.8 Å². The first-order chi connectivity index (χ1) is 11.7. The molecule has 2 aliphatic heterocycles. The number of amides is 1. The van der Waals surface area contributed by atoms with E-state index in [1.54, 1.807) is 12.1 Å². The van der Waals surface area contributed by atoms with E-state index in [0.717, 1.165) is 38.9 Å². The molecule has 0 atom stereocenters. The summed E-state index contributed by atoms with van der Waals surface area (Å²) in [7, 11) is 0. The van der Waals surface area contributed by atoms with Crippen LogP contribution in [0.1, 0.15) is 25.7 Å². The maximum absolute atomic E-state index is 12.8. The van der Waals surface area contributed by atoms with Crippen LogP contribution in [0.15, 0.2) is 24.3 Å². The molecule has 5 nitrogen and oxygen atoms in total. The van der Waals surface area contributed by atoms with E-state index in [0.29, 0.717) is 31.9 Å². The molecule has 2 saturated heterocycles. The number of nitrogens with zero attached hydrogens (tertiary/aromatic N) is 1. The number of benzene rings is 1. The fourth-order valence-corrected chi connectivity index (χ4v) is 3.38. The lowest BCUT2D eigenvalue weighted by atomic mass is 9.87. The minimum atomic E-state index is -0.262. The van der Waals surface area contributed by atoms with Gasteiger partial charge in [-0.3, -0.25) is 4.79 Å². The molecule has 0 unspecified atom stereocenters. The van der Waals surface area contributed by atoms with Crippen molar-refractivity contribution in [3.8, 4) is 5.75 Å². The molecule has 3 rings (SSSR count). The lowest BCUT2D eigenvalue weighted by Crippen LogP contribution is -2.47. The second kappa shape index (κ2) is 7.94. The van der Waals surface area contributed by atoms with Gasteiger partial charge in [-0.05, 0) is 43.5 Å². The Morgan fingerprint density at radius 1 is 1.25 bits per heavy atom. The summed E-state index contributed by atoms with van der Waals surface area (Å²) in [6, 6.07) is 6.10. The minimum Gasteiger partial charge on any atom is -0.494 e. The monoisotopic (exact) mass is 336 g/mol. The summed E-state index contributed by atoms with van der Waals surface area (Å²) in [6.45, 7) is 4.70. The van der Waals surface area contributed by atoms with Crippen LogP contribution in [0.4, 0.5) is 4.39 Å². The summed E-state index contributed by atoms with van der Waals surface area (Å²) in [5, 5.41) is 2.87. The van der Waals surface area contributed by atoms with E-state index >= 15 is 0 Å². The molecule has 0 aliphatic carbocycles. The van der Waals surface area contributed by atoms with Crippen molar-refractivity contribution in [2.24, 2.45) is 0 Å². The van der Waals surface area contributed by atoms with Crippen LogP contribution in [0.3, 0.4) is 0 Å². The van der Waals surface area contributed by atoms with Crippen molar-refractivity contribution in [1.82, 2.24) is 10.2 Å². The van der Waals surface area contributed by atoms with Gasteiger partial charge in [0, 0.05) is 26.2 Å². The van der Waals surface area contributed by atoms with Gasteiger partial charge in [0.05, 0.1) is 25.2 Å². The number of halogens is 1. The zero-order chi connectivity index (χ0) is 16.8. The smallest absolute Gasteiger partial charge is 0.222 e. The number of hydrogen-bond donors (Lipinski definition) is 1. The van der Waals surface area contributed by atoms with Gasteiger partial charge in [0.15, 0.2) is 0 Å². The minimum absolute atomic E-state index is 0.105. The van der Waals surface area contributed by atoms with Crippen LogP contribution in [0.5, 0.6) is 5.75 Å². The molecule has 24 heavy (non-hydrogen) atoms. The highest BCUT2D eigenvalue weighted by atomic mass is 19.1. The van der Waals surface area contributed by atoms with Crippen LogP contribution in [0.25, 0.3) is 0 Å². The van der Waals surface area contributed by atoms with Gasteiger partial charge >= 0.3 is 0 Å². The van der Waals surface area contributed by atoms with E-state index in [2.05, 4.69) is 10.2 Å². The van der Waals surface area contributed by atoms with Crippen LogP contribution in [-0.2, 0) is 9.53 Å². The van der Waals surface area contributed by atoms with Crippen molar-refractivity contribution in [2.45, 2.75) is 31.3 Å². The highest BCUT2D eigenvalue weighted by Crippen LogP contribution is 2.30. The van der Waals surface area contributed by atoms with E-state index < -0.39 is 0 Å². The standard InChI is InChI=1S/C18H25FN2O3/c19-15-2-4-16(5-3-15)23-12-1-9-21-10-6-18(7-11-21)14-17(22)20-8-13-24-18/h2-5H,1,6-14H2,(H,20,22). The molecule has 1 N–H and O–H groups in total. The van der Waals surface area contributed by atoms with Gasteiger partial charge in [-0.1, -0.05) is 0 Å². The highest BCUT2D eigenvalue weighted by molar-refractivity contribution is 5.77. The van der Waals surface area contributed by atoms with Crippen LogP contribution < -0.4 is 10.1 Å². The van der Waals surface area contributed by atoms with Crippen molar-refractivity contribution in [2.75, 3.05) is 39.4 Å². The van der Waals surface area contributed by atoms with Gasteiger partial charge in [0.1, 0.15) is 11.6 Å². The zero-order valence-electron chi connectivity index (χ0n) is 13.9. The van der Waals surface area contributed by atoms with E-state index in [1.165, 1.54) is 12.1 Å². The van der Waals surface area contributed by atoms with Crippen molar-refractivity contribution in [3.63, 3.8) is 0 Å². The van der Waals surface area contributed by atoms with Crippen molar-refractivity contribution >= 4 is 5.91 Å². The van der Waals surface area contributed by atoms with Crippen molar-refractivity contribution < 1.29 is 18.7 Å². The quantitative estimate of drug-likeness (QED) is 0.835. The molecular weight excluding hydrogens is 311 g/mol. The number of ether oxygens (including phenoxy) is 2. The maximum Gasteiger partial charge on any atom is 0.222 e. The largest absolute Gasteiger partial charge is 0.494 e. The highest BCUT2D eigenvalue weighted by Gasteiger charge is 2.38. The fraction of sp³-hybridized carbons (Fsp3) is 0.611. The molecule has 1 aromatic carbocycles. The summed E-state index contributed by atoms with van der Waals surface area (Å²) in [5.74, 6) is 0.555. The predicted octanol–water partition coefficient (Wildman–Crippen LogP) is 1.97. The molecule has 0 aromatic heterocycles. The average molecular weight is 336 g/mol. The second-order valence-corrected chi connectivity index (χ2v) is 6.56. The van der Waals surface area contributed by atoms with Gasteiger partial charge in [-0.2, -0.15) is 0 Å². The molecule has 0 bridgehead atoms. The SMILES string of the molecule is O=C1CC2(CCN(CCCOc3ccc(F)cc3)CC2)OCCN1. The van der Waals surface area contributed by atoms with Crippen LogP contribution >= 0.6 is 0 Å². The number of hydrogen-bond acceptors (Lipinski definition) is 4. The van der Waals surface area contributed by atoms with Gasteiger partial charge in [-0.25, -0.2) is 4.39 Å². The molecule has 6 heteroatoms. The molecule has 132 valence electrons. The molecule has 2 heterocycles. The molecular formula is C18H25FN2O3. The summed E-state index contributed by atoms with van der Waals surface area (Å²) in [4.78, 5) is 14.2. The third-order valence-corrected chi connectivity index (χ3v) is 4.78. The Bertz CT molecular complexity index is 542. The fourth-order valence-electron chi connectivity index (χ4n) is 3.38. The van der Waals surface area contributed by atoms with Crippen molar-refractivity contribution in [3.05, 3.63) is 30.1 Å².